The standard InChI is InChI=1S/C22H25NO5S/c1-12-7-8-15(22(27)13(2)20(25)21(26)17(11-24)28-22)9-14(12)10-19-23-16-5-3-4-6-18(16)29-19/h3-9,13,17,20-21,24-27H,10-11H2,1-2H3/t13-,17?,20?,21-,22?/m1/s1. The monoisotopic (exact) mass is 415 g/mol. The maximum atomic E-state index is 11.3. The van der Waals surface area contributed by atoms with Gasteiger partial charge in [0.15, 0.2) is 5.79 Å². The molecule has 2 aromatic carbocycles. The largest absolute Gasteiger partial charge is 0.394 e. The van der Waals surface area contributed by atoms with Gasteiger partial charge in [-0.25, -0.2) is 4.98 Å². The third-order valence-corrected chi connectivity index (χ3v) is 6.85. The van der Waals surface area contributed by atoms with E-state index >= 15 is 0 Å². The van der Waals surface area contributed by atoms with Gasteiger partial charge in [-0.15, -0.1) is 11.3 Å². The summed E-state index contributed by atoms with van der Waals surface area (Å²) in [5.74, 6) is -2.60. The molecule has 0 amide bonds. The molecule has 1 aromatic heterocycles. The first kappa shape index (κ1) is 20.4. The van der Waals surface area contributed by atoms with E-state index in [1.165, 1.54) is 0 Å². The second-order valence-electron chi connectivity index (χ2n) is 7.70. The van der Waals surface area contributed by atoms with Gasteiger partial charge in [0, 0.05) is 17.9 Å². The van der Waals surface area contributed by atoms with Crippen molar-refractivity contribution >= 4 is 21.6 Å². The molecule has 0 spiro atoms. The number of aromatic nitrogens is 1. The molecule has 6 nitrogen and oxygen atoms in total. The zero-order valence-corrected chi connectivity index (χ0v) is 17.1. The number of hydrogen-bond donors (Lipinski definition) is 4. The number of fused-ring (bicyclic) bond motifs is 1. The molecular formula is C22H25NO5S. The van der Waals surface area contributed by atoms with Crippen LogP contribution in [0.25, 0.3) is 10.2 Å². The van der Waals surface area contributed by atoms with Crippen LogP contribution in [0.5, 0.6) is 0 Å². The lowest BCUT2D eigenvalue weighted by molar-refractivity contribution is -0.340. The van der Waals surface area contributed by atoms with Crippen LogP contribution in [0.15, 0.2) is 42.5 Å². The van der Waals surface area contributed by atoms with Crippen molar-refractivity contribution in [3.05, 3.63) is 64.2 Å². The van der Waals surface area contributed by atoms with Gasteiger partial charge in [-0.3, -0.25) is 0 Å². The van der Waals surface area contributed by atoms with Crippen LogP contribution in [0, 0.1) is 12.8 Å². The van der Waals surface area contributed by atoms with Crippen molar-refractivity contribution < 1.29 is 25.2 Å². The van der Waals surface area contributed by atoms with Gasteiger partial charge in [0.2, 0.25) is 0 Å². The molecule has 0 saturated carbocycles. The third kappa shape index (κ3) is 3.59. The molecule has 0 radical (unpaired) electrons. The molecule has 0 bridgehead atoms. The van der Waals surface area contributed by atoms with E-state index in [4.69, 9.17) is 4.74 Å². The van der Waals surface area contributed by atoms with E-state index in [1.54, 1.807) is 24.3 Å². The number of para-hydroxylation sites is 1. The molecule has 2 heterocycles. The van der Waals surface area contributed by atoms with Crippen LogP contribution in [0.2, 0.25) is 0 Å². The topological polar surface area (TPSA) is 103 Å². The van der Waals surface area contributed by atoms with E-state index in [9.17, 15) is 20.4 Å². The number of aliphatic hydroxyl groups excluding tert-OH is 3. The Labute approximate surface area is 173 Å². The van der Waals surface area contributed by atoms with E-state index in [-0.39, 0.29) is 0 Å². The fourth-order valence-electron chi connectivity index (χ4n) is 3.87. The summed E-state index contributed by atoms with van der Waals surface area (Å²) in [5, 5.41) is 42.2. The lowest BCUT2D eigenvalue weighted by Gasteiger charge is -2.46. The predicted octanol–water partition coefficient (Wildman–Crippen LogP) is 2.09. The first-order valence-electron chi connectivity index (χ1n) is 9.65. The Hall–Kier alpha value is -1.87. The van der Waals surface area contributed by atoms with Crippen LogP contribution in [0.4, 0.5) is 0 Å². The second-order valence-corrected chi connectivity index (χ2v) is 8.81. The lowest BCUT2D eigenvalue weighted by Crippen LogP contribution is -2.59. The summed E-state index contributed by atoms with van der Waals surface area (Å²) in [4.78, 5) is 4.69. The molecule has 0 aliphatic carbocycles. The Balaban J connectivity index is 1.68. The van der Waals surface area contributed by atoms with Gasteiger partial charge >= 0.3 is 0 Å². The molecule has 1 aliphatic rings. The molecule has 1 aliphatic heterocycles. The van der Waals surface area contributed by atoms with E-state index in [0.717, 1.165) is 26.4 Å². The Morgan fingerprint density at radius 2 is 1.90 bits per heavy atom. The van der Waals surface area contributed by atoms with Gasteiger partial charge in [0.1, 0.15) is 12.2 Å². The van der Waals surface area contributed by atoms with Crippen LogP contribution < -0.4 is 0 Å². The number of benzene rings is 2. The first-order chi connectivity index (χ1) is 13.8. The van der Waals surface area contributed by atoms with Gasteiger partial charge in [0.05, 0.1) is 27.9 Å². The van der Waals surface area contributed by atoms with E-state index < -0.39 is 36.6 Å². The Kier molecular flexibility index (Phi) is 5.46. The van der Waals surface area contributed by atoms with Gasteiger partial charge < -0.3 is 25.2 Å². The van der Waals surface area contributed by atoms with E-state index in [1.807, 2.05) is 43.3 Å². The quantitative estimate of drug-likeness (QED) is 0.520. The van der Waals surface area contributed by atoms with Crippen LogP contribution in [0.1, 0.15) is 28.6 Å². The maximum Gasteiger partial charge on any atom is 0.198 e. The number of aryl methyl sites for hydroxylation is 1. The summed E-state index contributed by atoms with van der Waals surface area (Å²) in [6.07, 6.45) is -2.94. The second kappa shape index (κ2) is 7.75. The highest BCUT2D eigenvalue weighted by Gasteiger charge is 2.51. The third-order valence-electron chi connectivity index (χ3n) is 5.81. The first-order valence-corrected chi connectivity index (χ1v) is 10.5. The van der Waals surface area contributed by atoms with Gasteiger partial charge in [0.25, 0.3) is 0 Å². The number of hydrogen-bond acceptors (Lipinski definition) is 7. The predicted molar refractivity (Wildman–Crippen MR) is 111 cm³/mol. The number of aliphatic hydroxyl groups is 4. The molecule has 5 atom stereocenters. The molecule has 29 heavy (non-hydrogen) atoms. The van der Waals surface area contributed by atoms with Gasteiger partial charge in [-0.1, -0.05) is 31.2 Å². The SMILES string of the molecule is Cc1ccc(C2(O)OC(CO)[C@@H](O)C(O)[C@H]2C)cc1Cc1nc2ccccc2s1. The fraction of sp³-hybridized carbons (Fsp3) is 0.409. The average molecular weight is 416 g/mol. The minimum Gasteiger partial charge on any atom is -0.394 e. The highest BCUT2D eigenvalue weighted by atomic mass is 32.1. The number of nitrogens with zero attached hydrogens (tertiary/aromatic N) is 1. The number of rotatable bonds is 4. The minimum absolute atomic E-state index is 0.483. The average Bonchev–Trinajstić information content (AvgIpc) is 3.13. The number of ether oxygens (including phenoxy) is 1. The molecule has 4 rings (SSSR count). The van der Waals surface area contributed by atoms with Crippen molar-refractivity contribution in [1.29, 1.82) is 0 Å². The van der Waals surface area contributed by atoms with Crippen LogP contribution in [-0.2, 0) is 16.9 Å². The highest BCUT2D eigenvalue weighted by molar-refractivity contribution is 7.18. The zero-order valence-electron chi connectivity index (χ0n) is 16.3. The Morgan fingerprint density at radius 1 is 1.14 bits per heavy atom. The Morgan fingerprint density at radius 3 is 2.62 bits per heavy atom. The zero-order chi connectivity index (χ0) is 20.8. The van der Waals surface area contributed by atoms with Crippen molar-refractivity contribution in [1.82, 2.24) is 4.98 Å². The molecule has 7 heteroatoms. The van der Waals surface area contributed by atoms with Crippen molar-refractivity contribution in [3.63, 3.8) is 0 Å². The van der Waals surface area contributed by atoms with Crippen molar-refractivity contribution in [2.75, 3.05) is 6.61 Å². The summed E-state index contributed by atoms with van der Waals surface area (Å²) in [7, 11) is 0. The molecule has 4 N–H and O–H groups in total. The van der Waals surface area contributed by atoms with Crippen molar-refractivity contribution in [2.24, 2.45) is 5.92 Å². The van der Waals surface area contributed by atoms with Crippen LogP contribution in [-0.4, -0.2) is 50.3 Å². The molecule has 1 fully saturated rings. The smallest absolute Gasteiger partial charge is 0.198 e. The summed E-state index contributed by atoms with van der Waals surface area (Å²) in [6.45, 7) is 3.11. The summed E-state index contributed by atoms with van der Waals surface area (Å²) in [5.41, 5.74) is 3.49. The maximum absolute atomic E-state index is 11.3. The van der Waals surface area contributed by atoms with Crippen LogP contribution >= 0.6 is 11.3 Å². The molecule has 1 saturated heterocycles. The normalized spacial score (nSPS) is 30.0. The Bertz CT molecular complexity index is 986. The molecular weight excluding hydrogens is 390 g/mol. The highest BCUT2D eigenvalue weighted by Crippen LogP contribution is 2.41. The molecule has 3 unspecified atom stereocenters. The minimum atomic E-state index is -1.82. The number of thiazole rings is 1. The molecule has 154 valence electrons. The summed E-state index contributed by atoms with van der Waals surface area (Å²) in [6, 6.07) is 13.5. The van der Waals surface area contributed by atoms with E-state index in [2.05, 4.69) is 4.98 Å². The summed E-state index contributed by atoms with van der Waals surface area (Å²) < 4.78 is 6.81. The van der Waals surface area contributed by atoms with Gasteiger partial charge in [-0.05, 0) is 36.2 Å². The summed E-state index contributed by atoms with van der Waals surface area (Å²) >= 11 is 1.64. The fourth-order valence-corrected chi connectivity index (χ4v) is 4.86. The molecule has 3 aromatic rings. The van der Waals surface area contributed by atoms with Gasteiger partial charge in [-0.2, -0.15) is 0 Å². The van der Waals surface area contributed by atoms with E-state index in [0.29, 0.717) is 12.0 Å². The van der Waals surface area contributed by atoms with Crippen molar-refractivity contribution in [2.45, 2.75) is 44.4 Å². The van der Waals surface area contributed by atoms with Crippen LogP contribution in [0.3, 0.4) is 0 Å². The lowest BCUT2D eigenvalue weighted by atomic mass is 9.81. The van der Waals surface area contributed by atoms with Crippen molar-refractivity contribution in [3.8, 4) is 0 Å².